The van der Waals surface area contributed by atoms with E-state index in [9.17, 15) is 4.79 Å². The quantitative estimate of drug-likeness (QED) is 0.780. The maximum Gasteiger partial charge on any atom is 0.236 e. The van der Waals surface area contributed by atoms with Gasteiger partial charge in [0.2, 0.25) is 5.91 Å². The molecule has 1 rings (SSSR count). The molecular formula is C14H24N2O2. The minimum absolute atomic E-state index is 0.0509. The van der Waals surface area contributed by atoms with Crippen molar-refractivity contribution in [1.82, 2.24) is 10.6 Å². The van der Waals surface area contributed by atoms with Crippen LogP contribution in [0.4, 0.5) is 0 Å². The van der Waals surface area contributed by atoms with Crippen LogP contribution in [-0.2, 0) is 11.2 Å². The van der Waals surface area contributed by atoms with Crippen LogP contribution in [0.25, 0.3) is 0 Å². The molecule has 0 aliphatic heterocycles. The molecule has 0 fully saturated rings. The van der Waals surface area contributed by atoms with Crippen LogP contribution in [0.1, 0.15) is 33.0 Å². The molecule has 0 spiro atoms. The third-order valence-electron chi connectivity index (χ3n) is 2.84. The van der Waals surface area contributed by atoms with Gasteiger partial charge in [0.15, 0.2) is 0 Å². The van der Waals surface area contributed by atoms with Gasteiger partial charge in [-0.2, -0.15) is 0 Å². The third kappa shape index (κ3) is 4.92. The molecule has 1 amide bonds. The predicted octanol–water partition coefficient (Wildman–Crippen LogP) is 1.96. The maximum absolute atomic E-state index is 11.8. The van der Waals surface area contributed by atoms with Gasteiger partial charge in [-0.25, -0.2) is 0 Å². The number of hydrogen-bond acceptors (Lipinski definition) is 3. The third-order valence-corrected chi connectivity index (χ3v) is 2.84. The molecule has 1 heterocycles. The van der Waals surface area contributed by atoms with Gasteiger partial charge in [0.1, 0.15) is 5.76 Å². The number of carbonyl (C=O) groups excluding carboxylic acids is 1. The second-order valence-corrected chi connectivity index (χ2v) is 5.15. The van der Waals surface area contributed by atoms with Crippen LogP contribution < -0.4 is 10.6 Å². The fraction of sp³-hybridized carbons (Fsp3) is 0.643. The Hall–Kier alpha value is -1.29. The molecule has 1 aromatic rings. The maximum atomic E-state index is 11.8. The standard InChI is InChI=1S/C14H24N2O2/c1-10(2)8-13(14(17)15-4)16-11(3)9-12-6-5-7-18-12/h5-7,10-11,13,16H,8-9H2,1-4H3,(H,15,17). The number of furan rings is 1. The molecule has 1 aromatic heterocycles. The van der Waals surface area contributed by atoms with Crippen molar-refractivity contribution in [3.8, 4) is 0 Å². The summed E-state index contributed by atoms with van der Waals surface area (Å²) in [5.74, 6) is 1.47. The van der Waals surface area contributed by atoms with Gasteiger partial charge in [-0.3, -0.25) is 4.79 Å². The number of nitrogens with one attached hydrogen (secondary N) is 2. The van der Waals surface area contributed by atoms with Crippen LogP contribution in [0, 0.1) is 5.92 Å². The van der Waals surface area contributed by atoms with Gasteiger partial charge in [-0.1, -0.05) is 13.8 Å². The molecule has 2 atom stereocenters. The van der Waals surface area contributed by atoms with Gasteiger partial charge in [-0.05, 0) is 31.4 Å². The fourth-order valence-corrected chi connectivity index (χ4v) is 2.03. The average molecular weight is 252 g/mol. The smallest absolute Gasteiger partial charge is 0.236 e. The van der Waals surface area contributed by atoms with Gasteiger partial charge in [0, 0.05) is 19.5 Å². The van der Waals surface area contributed by atoms with Crippen molar-refractivity contribution in [2.24, 2.45) is 5.92 Å². The largest absolute Gasteiger partial charge is 0.469 e. The molecule has 2 unspecified atom stereocenters. The molecule has 0 aromatic carbocycles. The first-order valence-electron chi connectivity index (χ1n) is 6.53. The van der Waals surface area contributed by atoms with Crippen LogP contribution in [0.15, 0.2) is 22.8 Å². The Morgan fingerprint density at radius 2 is 2.11 bits per heavy atom. The number of likely N-dealkylation sites (N-methyl/N-ethyl adjacent to an activating group) is 1. The van der Waals surface area contributed by atoms with Gasteiger partial charge in [0.05, 0.1) is 12.3 Å². The second kappa shape index (κ2) is 7.21. The molecule has 2 N–H and O–H groups in total. The number of rotatable bonds is 7. The number of carbonyl (C=O) groups is 1. The van der Waals surface area contributed by atoms with Crippen molar-refractivity contribution in [3.05, 3.63) is 24.2 Å². The van der Waals surface area contributed by atoms with Gasteiger partial charge >= 0.3 is 0 Å². The monoisotopic (exact) mass is 252 g/mol. The molecule has 0 aliphatic rings. The predicted molar refractivity (Wildman–Crippen MR) is 72.3 cm³/mol. The summed E-state index contributed by atoms with van der Waals surface area (Å²) >= 11 is 0. The zero-order valence-corrected chi connectivity index (χ0v) is 11.7. The molecule has 0 bridgehead atoms. The Kier molecular flexibility index (Phi) is 5.92. The van der Waals surface area contributed by atoms with E-state index in [1.165, 1.54) is 0 Å². The lowest BCUT2D eigenvalue weighted by molar-refractivity contribution is -0.123. The highest BCUT2D eigenvalue weighted by Gasteiger charge is 2.20. The highest BCUT2D eigenvalue weighted by atomic mass is 16.3. The molecule has 0 aliphatic carbocycles. The molecule has 0 saturated heterocycles. The minimum Gasteiger partial charge on any atom is -0.469 e. The van der Waals surface area contributed by atoms with Crippen molar-refractivity contribution < 1.29 is 9.21 Å². The lowest BCUT2D eigenvalue weighted by atomic mass is 10.0. The Labute approximate surface area is 109 Å². The zero-order chi connectivity index (χ0) is 13.5. The highest BCUT2D eigenvalue weighted by molar-refractivity contribution is 5.81. The van der Waals surface area contributed by atoms with Crippen LogP contribution in [0.3, 0.4) is 0 Å². The van der Waals surface area contributed by atoms with E-state index in [2.05, 4.69) is 31.4 Å². The molecule has 4 heteroatoms. The number of amides is 1. The molecule has 0 saturated carbocycles. The van der Waals surface area contributed by atoms with E-state index < -0.39 is 0 Å². The van der Waals surface area contributed by atoms with Gasteiger partial charge in [-0.15, -0.1) is 0 Å². The van der Waals surface area contributed by atoms with Crippen LogP contribution in [-0.4, -0.2) is 25.0 Å². The second-order valence-electron chi connectivity index (χ2n) is 5.15. The SMILES string of the molecule is CNC(=O)C(CC(C)C)NC(C)Cc1ccco1. The lowest BCUT2D eigenvalue weighted by Gasteiger charge is -2.23. The molecule has 18 heavy (non-hydrogen) atoms. The highest BCUT2D eigenvalue weighted by Crippen LogP contribution is 2.09. The minimum atomic E-state index is -0.139. The van der Waals surface area contributed by atoms with E-state index in [1.807, 2.05) is 12.1 Å². The Bertz CT molecular complexity index is 347. The van der Waals surface area contributed by atoms with Crippen molar-refractivity contribution in [2.75, 3.05) is 7.05 Å². The van der Waals surface area contributed by atoms with E-state index in [-0.39, 0.29) is 18.0 Å². The average Bonchev–Trinajstić information content (AvgIpc) is 2.79. The first-order valence-corrected chi connectivity index (χ1v) is 6.53. The Morgan fingerprint density at radius 3 is 2.61 bits per heavy atom. The van der Waals surface area contributed by atoms with E-state index in [1.54, 1.807) is 13.3 Å². The van der Waals surface area contributed by atoms with E-state index in [0.29, 0.717) is 5.92 Å². The summed E-state index contributed by atoms with van der Waals surface area (Å²) < 4.78 is 5.31. The van der Waals surface area contributed by atoms with Crippen LogP contribution in [0.2, 0.25) is 0 Å². The van der Waals surface area contributed by atoms with Crippen molar-refractivity contribution in [2.45, 2.75) is 45.7 Å². The summed E-state index contributed by atoms with van der Waals surface area (Å²) in [5, 5.41) is 6.08. The summed E-state index contributed by atoms with van der Waals surface area (Å²) in [6.07, 6.45) is 3.30. The van der Waals surface area contributed by atoms with Gasteiger partial charge < -0.3 is 15.1 Å². The Morgan fingerprint density at radius 1 is 1.39 bits per heavy atom. The topological polar surface area (TPSA) is 54.3 Å². The normalized spacial score (nSPS) is 14.5. The first kappa shape index (κ1) is 14.8. The van der Waals surface area contributed by atoms with Crippen molar-refractivity contribution >= 4 is 5.91 Å². The molecular weight excluding hydrogens is 228 g/mol. The van der Waals surface area contributed by atoms with E-state index in [4.69, 9.17) is 4.42 Å². The van der Waals surface area contributed by atoms with Crippen molar-refractivity contribution in [3.63, 3.8) is 0 Å². The lowest BCUT2D eigenvalue weighted by Crippen LogP contribution is -2.47. The number of hydrogen-bond donors (Lipinski definition) is 2. The van der Waals surface area contributed by atoms with Crippen LogP contribution in [0.5, 0.6) is 0 Å². The Balaban J connectivity index is 2.51. The first-order chi connectivity index (χ1) is 8.52. The summed E-state index contributed by atoms with van der Waals surface area (Å²) in [7, 11) is 1.68. The summed E-state index contributed by atoms with van der Waals surface area (Å²) in [6.45, 7) is 6.31. The van der Waals surface area contributed by atoms with Crippen LogP contribution >= 0.6 is 0 Å². The summed E-state index contributed by atoms with van der Waals surface area (Å²) in [5.41, 5.74) is 0. The van der Waals surface area contributed by atoms with Gasteiger partial charge in [0.25, 0.3) is 0 Å². The van der Waals surface area contributed by atoms with E-state index in [0.717, 1.165) is 18.6 Å². The summed E-state index contributed by atoms with van der Waals surface area (Å²) in [6, 6.07) is 3.90. The summed E-state index contributed by atoms with van der Waals surface area (Å²) in [4.78, 5) is 11.8. The van der Waals surface area contributed by atoms with E-state index >= 15 is 0 Å². The molecule has 102 valence electrons. The molecule has 4 nitrogen and oxygen atoms in total. The zero-order valence-electron chi connectivity index (χ0n) is 11.7. The molecule has 0 radical (unpaired) electrons. The van der Waals surface area contributed by atoms with Crippen molar-refractivity contribution in [1.29, 1.82) is 0 Å². The fourth-order valence-electron chi connectivity index (χ4n) is 2.03.